The molecule has 21 heavy (non-hydrogen) atoms. The van der Waals surface area contributed by atoms with Crippen LogP contribution in [0.4, 0.5) is 4.39 Å². The van der Waals surface area contributed by atoms with E-state index >= 15 is 0 Å². The fourth-order valence-corrected chi connectivity index (χ4v) is 3.09. The molecule has 3 aromatic rings. The molecule has 5 heteroatoms. The maximum atomic E-state index is 13.9. The van der Waals surface area contributed by atoms with Crippen molar-refractivity contribution in [2.75, 3.05) is 0 Å². The fourth-order valence-electron chi connectivity index (χ4n) is 2.48. The SMILES string of the molecule is Cn1c(CC(O)c2c(F)cccc2Br)nc2ccccc21. The van der Waals surface area contributed by atoms with Crippen LogP contribution in [0, 0.1) is 5.82 Å². The monoisotopic (exact) mass is 348 g/mol. The molecule has 3 rings (SSSR count). The lowest BCUT2D eigenvalue weighted by atomic mass is 10.1. The summed E-state index contributed by atoms with van der Waals surface area (Å²) < 4.78 is 16.4. The molecule has 0 saturated heterocycles. The van der Waals surface area contributed by atoms with E-state index in [1.807, 2.05) is 35.9 Å². The van der Waals surface area contributed by atoms with Crippen LogP contribution in [0.2, 0.25) is 0 Å². The van der Waals surface area contributed by atoms with Crippen molar-refractivity contribution in [3.05, 3.63) is 64.1 Å². The Hall–Kier alpha value is -1.72. The van der Waals surface area contributed by atoms with E-state index in [0.29, 0.717) is 4.47 Å². The van der Waals surface area contributed by atoms with Crippen LogP contribution in [0.25, 0.3) is 11.0 Å². The molecule has 1 aromatic heterocycles. The van der Waals surface area contributed by atoms with E-state index in [4.69, 9.17) is 0 Å². The number of hydrogen-bond donors (Lipinski definition) is 1. The Morgan fingerprint density at radius 3 is 2.71 bits per heavy atom. The number of imidazole rings is 1. The highest BCUT2D eigenvalue weighted by atomic mass is 79.9. The molecular weight excluding hydrogens is 335 g/mol. The van der Waals surface area contributed by atoms with Crippen molar-refractivity contribution < 1.29 is 9.50 Å². The van der Waals surface area contributed by atoms with Gasteiger partial charge in [-0.3, -0.25) is 0 Å². The minimum absolute atomic E-state index is 0.255. The van der Waals surface area contributed by atoms with Gasteiger partial charge in [-0.1, -0.05) is 34.1 Å². The van der Waals surface area contributed by atoms with Crippen LogP contribution in [0.1, 0.15) is 17.5 Å². The van der Waals surface area contributed by atoms with Crippen molar-refractivity contribution in [1.29, 1.82) is 0 Å². The van der Waals surface area contributed by atoms with Crippen molar-refractivity contribution in [3.63, 3.8) is 0 Å². The van der Waals surface area contributed by atoms with E-state index in [1.165, 1.54) is 6.07 Å². The summed E-state index contributed by atoms with van der Waals surface area (Å²) in [6.45, 7) is 0. The number of benzene rings is 2. The van der Waals surface area contributed by atoms with Crippen molar-refractivity contribution in [3.8, 4) is 0 Å². The number of nitrogens with zero attached hydrogens (tertiary/aromatic N) is 2. The van der Waals surface area contributed by atoms with E-state index in [9.17, 15) is 9.50 Å². The molecule has 0 fully saturated rings. The van der Waals surface area contributed by atoms with Crippen molar-refractivity contribution >= 4 is 27.0 Å². The zero-order valence-corrected chi connectivity index (χ0v) is 13.0. The van der Waals surface area contributed by atoms with Gasteiger partial charge in [0.2, 0.25) is 0 Å². The second-order valence-electron chi connectivity index (χ2n) is 4.93. The summed E-state index contributed by atoms with van der Waals surface area (Å²) in [7, 11) is 1.90. The van der Waals surface area contributed by atoms with Crippen LogP contribution in [0.15, 0.2) is 46.9 Å². The van der Waals surface area contributed by atoms with Crippen molar-refractivity contribution in [2.24, 2.45) is 7.05 Å². The number of fused-ring (bicyclic) bond motifs is 1. The fraction of sp³-hybridized carbons (Fsp3) is 0.188. The number of aryl methyl sites for hydroxylation is 1. The topological polar surface area (TPSA) is 38.0 Å². The normalized spacial score (nSPS) is 12.8. The molecule has 1 atom stereocenters. The molecule has 0 aliphatic heterocycles. The Morgan fingerprint density at radius 1 is 1.24 bits per heavy atom. The smallest absolute Gasteiger partial charge is 0.130 e. The van der Waals surface area contributed by atoms with Crippen LogP contribution in [0.3, 0.4) is 0 Å². The van der Waals surface area contributed by atoms with Crippen LogP contribution in [-0.2, 0) is 13.5 Å². The first-order chi connectivity index (χ1) is 10.1. The highest BCUT2D eigenvalue weighted by Crippen LogP contribution is 2.29. The third kappa shape index (κ3) is 2.59. The quantitative estimate of drug-likeness (QED) is 0.782. The lowest BCUT2D eigenvalue weighted by molar-refractivity contribution is 0.169. The van der Waals surface area contributed by atoms with Crippen molar-refractivity contribution in [1.82, 2.24) is 9.55 Å². The van der Waals surface area contributed by atoms with E-state index in [1.54, 1.807) is 12.1 Å². The summed E-state index contributed by atoms with van der Waals surface area (Å²) in [5.74, 6) is 0.300. The summed E-state index contributed by atoms with van der Waals surface area (Å²) in [6, 6.07) is 12.4. The molecule has 0 bridgehead atoms. The number of aliphatic hydroxyl groups excluding tert-OH is 1. The standard InChI is InChI=1S/C16H14BrFN2O/c1-20-13-8-3-2-7-12(13)19-15(20)9-14(21)16-10(17)5-4-6-11(16)18/h2-8,14,21H,9H2,1H3. The molecular formula is C16H14BrFN2O. The number of aromatic nitrogens is 2. The molecule has 1 N–H and O–H groups in total. The van der Waals surface area contributed by atoms with Gasteiger partial charge in [-0.2, -0.15) is 0 Å². The molecule has 0 radical (unpaired) electrons. The predicted octanol–water partition coefficient (Wildman–Crippen LogP) is 3.75. The Kier molecular flexibility index (Phi) is 3.78. The van der Waals surface area contributed by atoms with Crippen LogP contribution in [-0.4, -0.2) is 14.7 Å². The van der Waals surface area contributed by atoms with Crippen molar-refractivity contribution in [2.45, 2.75) is 12.5 Å². The average Bonchev–Trinajstić information content (AvgIpc) is 2.76. The van der Waals surface area contributed by atoms with E-state index in [2.05, 4.69) is 20.9 Å². The van der Waals surface area contributed by atoms with Gasteiger partial charge >= 0.3 is 0 Å². The molecule has 108 valence electrons. The molecule has 2 aromatic carbocycles. The molecule has 0 aliphatic rings. The van der Waals surface area contributed by atoms with Crippen LogP contribution >= 0.6 is 15.9 Å². The van der Waals surface area contributed by atoms with Gasteiger partial charge in [0.25, 0.3) is 0 Å². The van der Waals surface area contributed by atoms with Gasteiger partial charge in [-0.15, -0.1) is 0 Å². The zero-order chi connectivity index (χ0) is 15.0. The Labute approximate surface area is 130 Å². The van der Waals surface area contributed by atoms with E-state index in [0.717, 1.165) is 16.9 Å². The molecule has 1 unspecified atom stereocenters. The number of halogens is 2. The first-order valence-corrected chi connectivity index (χ1v) is 7.39. The number of rotatable bonds is 3. The van der Waals surface area contributed by atoms with Gasteiger partial charge in [0.15, 0.2) is 0 Å². The number of aliphatic hydroxyl groups is 1. The predicted molar refractivity (Wildman–Crippen MR) is 83.5 cm³/mol. The Bertz CT molecular complexity index is 780. The highest BCUT2D eigenvalue weighted by molar-refractivity contribution is 9.10. The number of para-hydroxylation sites is 2. The van der Waals surface area contributed by atoms with Crippen LogP contribution in [0.5, 0.6) is 0 Å². The molecule has 0 amide bonds. The summed E-state index contributed by atoms with van der Waals surface area (Å²) in [5.41, 5.74) is 2.13. The minimum Gasteiger partial charge on any atom is -0.388 e. The molecule has 0 spiro atoms. The molecule has 0 aliphatic carbocycles. The summed E-state index contributed by atoms with van der Waals surface area (Å²) >= 11 is 3.29. The molecule has 3 nitrogen and oxygen atoms in total. The second-order valence-corrected chi connectivity index (χ2v) is 5.79. The maximum absolute atomic E-state index is 13.9. The van der Waals surface area contributed by atoms with E-state index < -0.39 is 11.9 Å². The molecule has 1 heterocycles. The lowest BCUT2D eigenvalue weighted by Crippen LogP contribution is -2.09. The highest BCUT2D eigenvalue weighted by Gasteiger charge is 2.19. The third-order valence-electron chi connectivity index (χ3n) is 3.59. The average molecular weight is 349 g/mol. The summed E-state index contributed by atoms with van der Waals surface area (Å²) in [4.78, 5) is 4.50. The second kappa shape index (κ2) is 5.58. The van der Waals surface area contributed by atoms with Gasteiger partial charge in [-0.05, 0) is 24.3 Å². The Balaban J connectivity index is 1.97. The lowest BCUT2D eigenvalue weighted by Gasteiger charge is -2.13. The first-order valence-electron chi connectivity index (χ1n) is 6.60. The zero-order valence-electron chi connectivity index (χ0n) is 11.4. The minimum atomic E-state index is -0.948. The van der Waals surface area contributed by atoms with Gasteiger partial charge in [0.1, 0.15) is 11.6 Å². The summed E-state index contributed by atoms with van der Waals surface area (Å²) in [5, 5.41) is 10.4. The maximum Gasteiger partial charge on any atom is 0.130 e. The summed E-state index contributed by atoms with van der Waals surface area (Å²) in [6.07, 6.45) is -0.693. The molecule has 0 saturated carbocycles. The van der Waals surface area contributed by atoms with Crippen LogP contribution < -0.4 is 0 Å². The largest absolute Gasteiger partial charge is 0.388 e. The van der Waals surface area contributed by atoms with Gasteiger partial charge in [-0.25, -0.2) is 9.37 Å². The van der Waals surface area contributed by atoms with Gasteiger partial charge in [0.05, 0.1) is 17.1 Å². The Morgan fingerprint density at radius 2 is 2.00 bits per heavy atom. The third-order valence-corrected chi connectivity index (χ3v) is 4.28. The van der Waals surface area contributed by atoms with Gasteiger partial charge in [0, 0.05) is 23.5 Å². The number of hydrogen-bond acceptors (Lipinski definition) is 2. The van der Waals surface area contributed by atoms with E-state index in [-0.39, 0.29) is 12.0 Å². The first kappa shape index (κ1) is 14.2. The van der Waals surface area contributed by atoms with Gasteiger partial charge < -0.3 is 9.67 Å².